The lowest BCUT2D eigenvalue weighted by Gasteiger charge is -2.19. The first-order chi connectivity index (χ1) is 9.14. The maximum absolute atomic E-state index is 13.3. The van der Waals surface area contributed by atoms with Crippen LogP contribution >= 0.6 is 0 Å². The molecule has 0 spiro atoms. The van der Waals surface area contributed by atoms with Crippen molar-refractivity contribution < 1.29 is 27.4 Å². The molecule has 112 valence electrons. The summed E-state index contributed by atoms with van der Waals surface area (Å²) >= 11 is 0. The Morgan fingerprint density at radius 2 is 2.05 bits per heavy atom. The molecule has 8 heteroatoms. The van der Waals surface area contributed by atoms with E-state index in [2.05, 4.69) is 0 Å². The lowest BCUT2D eigenvalue weighted by atomic mass is 10.3. The molecular formula is C12H16FNO5S. The molecule has 0 radical (unpaired) electrons. The fraction of sp³-hybridized carbons (Fsp3) is 0.417. The maximum atomic E-state index is 13.3. The Balaban J connectivity index is 3.28. The van der Waals surface area contributed by atoms with Gasteiger partial charge in [-0.15, -0.1) is 0 Å². The van der Waals surface area contributed by atoms with E-state index in [9.17, 15) is 17.6 Å². The Morgan fingerprint density at radius 3 is 2.55 bits per heavy atom. The van der Waals surface area contributed by atoms with Crippen molar-refractivity contribution in [2.24, 2.45) is 0 Å². The lowest BCUT2D eigenvalue weighted by Crippen LogP contribution is -2.32. The highest BCUT2D eigenvalue weighted by Crippen LogP contribution is 2.28. The molecule has 0 heterocycles. The van der Waals surface area contributed by atoms with Gasteiger partial charge < -0.3 is 9.84 Å². The summed E-state index contributed by atoms with van der Waals surface area (Å²) in [4.78, 5) is 10.2. The Labute approximate surface area is 116 Å². The molecule has 1 N–H and O–H groups in total. The van der Waals surface area contributed by atoms with Gasteiger partial charge in [0.15, 0.2) is 0 Å². The van der Waals surface area contributed by atoms with Gasteiger partial charge in [-0.3, -0.25) is 4.79 Å². The van der Waals surface area contributed by atoms with Crippen molar-refractivity contribution in [1.82, 2.24) is 4.31 Å². The van der Waals surface area contributed by atoms with Crippen LogP contribution in [0.1, 0.15) is 13.8 Å². The van der Waals surface area contributed by atoms with Gasteiger partial charge in [0, 0.05) is 7.05 Å². The monoisotopic (exact) mass is 305 g/mol. The number of halogens is 1. The summed E-state index contributed by atoms with van der Waals surface area (Å²) in [6.45, 7) is 2.67. The molecular weight excluding hydrogens is 289 g/mol. The number of carboxylic acids is 1. The quantitative estimate of drug-likeness (QED) is 0.857. The molecule has 0 aliphatic rings. The number of sulfonamides is 1. The van der Waals surface area contributed by atoms with E-state index < -0.39 is 33.3 Å². The van der Waals surface area contributed by atoms with Crippen LogP contribution in [0.25, 0.3) is 0 Å². The van der Waals surface area contributed by atoms with Crippen molar-refractivity contribution >= 4 is 16.0 Å². The van der Waals surface area contributed by atoms with Crippen molar-refractivity contribution in [2.45, 2.75) is 24.8 Å². The first-order valence-corrected chi connectivity index (χ1v) is 7.23. The predicted octanol–water partition coefficient (Wildman–Crippen LogP) is 1.32. The van der Waals surface area contributed by atoms with Crippen LogP contribution in [0.2, 0.25) is 0 Å². The van der Waals surface area contributed by atoms with Crippen molar-refractivity contribution in [3.05, 3.63) is 24.0 Å². The number of hydrogen-bond acceptors (Lipinski definition) is 4. The molecule has 0 fully saturated rings. The molecule has 1 aromatic carbocycles. The highest BCUT2D eigenvalue weighted by Gasteiger charge is 2.27. The Kier molecular flexibility index (Phi) is 5.07. The third kappa shape index (κ3) is 3.91. The third-order valence-electron chi connectivity index (χ3n) is 2.31. The standard InChI is InChI=1S/C12H16FNO5S/c1-8(2)19-10-5-4-9(13)6-11(10)20(17,18)14(3)7-12(15)16/h4-6,8H,7H2,1-3H3,(H,15,16). The van der Waals surface area contributed by atoms with Crippen LogP contribution in [0, 0.1) is 5.82 Å². The number of rotatable bonds is 6. The van der Waals surface area contributed by atoms with Crippen LogP contribution in [0.15, 0.2) is 23.1 Å². The van der Waals surface area contributed by atoms with E-state index in [-0.39, 0.29) is 11.9 Å². The minimum Gasteiger partial charge on any atom is -0.490 e. The normalized spacial score (nSPS) is 11.9. The highest BCUT2D eigenvalue weighted by atomic mass is 32.2. The van der Waals surface area contributed by atoms with Crippen LogP contribution in [0.4, 0.5) is 4.39 Å². The molecule has 0 saturated heterocycles. The number of carbonyl (C=O) groups is 1. The number of hydrogen-bond donors (Lipinski definition) is 1. The van der Waals surface area contributed by atoms with Crippen LogP contribution in [0.3, 0.4) is 0 Å². The smallest absolute Gasteiger partial charge is 0.318 e. The summed E-state index contributed by atoms with van der Waals surface area (Å²) in [7, 11) is -3.04. The fourth-order valence-electron chi connectivity index (χ4n) is 1.48. The first-order valence-electron chi connectivity index (χ1n) is 5.79. The minimum atomic E-state index is -4.15. The third-order valence-corrected chi connectivity index (χ3v) is 4.14. The molecule has 0 saturated carbocycles. The Bertz CT molecular complexity index is 600. The predicted molar refractivity (Wildman–Crippen MR) is 69.6 cm³/mol. The molecule has 1 rings (SSSR count). The van der Waals surface area contributed by atoms with Gasteiger partial charge >= 0.3 is 5.97 Å². The number of ether oxygens (including phenoxy) is 1. The van der Waals surface area contributed by atoms with Gasteiger partial charge in [0.25, 0.3) is 0 Å². The van der Waals surface area contributed by atoms with Gasteiger partial charge in [-0.25, -0.2) is 12.8 Å². The summed E-state index contributed by atoms with van der Waals surface area (Å²) in [5.41, 5.74) is 0. The lowest BCUT2D eigenvalue weighted by molar-refractivity contribution is -0.137. The number of benzene rings is 1. The largest absolute Gasteiger partial charge is 0.490 e. The molecule has 6 nitrogen and oxygen atoms in total. The van der Waals surface area contributed by atoms with Crippen molar-refractivity contribution in [2.75, 3.05) is 13.6 Å². The Morgan fingerprint density at radius 1 is 1.45 bits per heavy atom. The summed E-state index contributed by atoms with van der Waals surface area (Å²) < 4.78 is 43.7. The molecule has 0 amide bonds. The van der Waals surface area contributed by atoms with E-state index in [4.69, 9.17) is 9.84 Å². The second-order valence-corrected chi connectivity index (χ2v) is 6.43. The van der Waals surface area contributed by atoms with Gasteiger partial charge in [0.1, 0.15) is 23.0 Å². The van der Waals surface area contributed by atoms with Crippen molar-refractivity contribution in [3.63, 3.8) is 0 Å². The van der Waals surface area contributed by atoms with E-state index in [0.29, 0.717) is 4.31 Å². The minimum absolute atomic E-state index is 0.0151. The highest BCUT2D eigenvalue weighted by molar-refractivity contribution is 7.89. The van der Waals surface area contributed by atoms with Gasteiger partial charge in [-0.2, -0.15) is 4.31 Å². The molecule has 0 atom stereocenters. The molecule has 0 aliphatic heterocycles. The van der Waals surface area contributed by atoms with Crippen LogP contribution in [-0.4, -0.2) is 43.5 Å². The number of likely N-dealkylation sites (N-methyl/N-ethyl adjacent to an activating group) is 1. The summed E-state index contributed by atoms with van der Waals surface area (Å²) in [5.74, 6) is -2.07. The number of nitrogens with zero attached hydrogens (tertiary/aromatic N) is 1. The zero-order valence-electron chi connectivity index (χ0n) is 11.3. The van der Waals surface area contributed by atoms with Gasteiger partial charge in [0.05, 0.1) is 6.10 Å². The molecule has 0 unspecified atom stereocenters. The Hall–Kier alpha value is -1.67. The zero-order valence-corrected chi connectivity index (χ0v) is 12.1. The van der Waals surface area contributed by atoms with Gasteiger partial charge in [-0.1, -0.05) is 0 Å². The van der Waals surface area contributed by atoms with E-state index in [0.717, 1.165) is 19.2 Å². The molecule has 20 heavy (non-hydrogen) atoms. The average Bonchev–Trinajstić information content (AvgIpc) is 2.29. The second-order valence-electron chi connectivity index (χ2n) is 4.41. The molecule has 0 aliphatic carbocycles. The fourth-order valence-corrected chi connectivity index (χ4v) is 2.73. The summed E-state index contributed by atoms with van der Waals surface area (Å²) in [6.07, 6.45) is -0.306. The van der Waals surface area contributed by atoms with Crippen LogP contribution in [-0.2, 0) is 14.8 Å². The molecule has 0 aromatic heterocycles. The van der Waals surface area contributed by atoms with E-state index in [1.165, 1.54) is 6.07 Å². The molecule has 1 aromatic rings. The van der Waals surface area contributed by atoms with E-state index in [1.807, 2.05) is 0 Å². The van der Waals surface area contributed by atoms with Crippen molar-refractivity contribution in [1.29, 1.82) is 0 Å². The SMILES string of the molecule is CC(C)Oc1ccc(F)cc1S(=O)(=O)N(C)CC(=O)O. The second kappa shape index (κ2) is 6.19. The summed E-state index contributed by atoms with van der Waals surface area (Å²) in [6, 6.07) is 3.09. The zero-order chi connectivity index (χ0) is 15.5. The van der Waals surface area contributed by atoms with Crippen LogP contribution in [0.5, 0.6) is 5.75 Å². The topological polar surface area (TPSA) is 83.9 Å². The number of carboxylic acid groups (broad SMARTS) is 1. The average molecular weight is 305 g/mol. The van der Waals surface area contributed by atoms with Gasteiger partial charge in [-0.05, 0) is 32.0 Å². The van der Waals surface area contributed by atoms with Crippen LogP contribution < -0.4 is 4.74 Å². The van der Waals surface area contributed by atoms with E-state index >= 15 is 0 Å². The van der Waals surface area contributed by atoms with E-state index in [1.54, 1.807) is 13.8 Å². The molecule has 0 bridgehead atoms. The maximum Gasteiger partial charge on any atom is 0.318 e. The van der Waals surface area contributed by atoms with Crippen molar-refractivity contribution in [3.8, 4) is 5.75 Å². The first kappa shape index (κ1) is 16.4. The number of aliphatic carboxylic acids is 1. The summed E-state index contributed by atoms with van der Waals surface area (Å²) in [5, 5.41) is 8.65. The van der Waals surface area contributed by atoms with Gasteiger partial charge in [0.2, 0.25) is 10.0 Å².